The molecule has 6 aromatic rings. The molecule has 0 radical (unpaired) electrons. The summed E-state index contributed by atoms with van der Waals surface area (Å²) in [5.41, 5.74) is 4.96. The molecule has 0 spiro atoms. The van der Waals surface area contributed by atoms with Gasteiger partial charge in [-0.15, -0.1) is 0 Å². The van der Waals surface area contributed by atoms with Gasteiger partial charge in [0.05, 0.1) is 38.8 Å². The zero-order chi connectivity index (χ0) is 51.1. The number of hydrogen-bond donors (Lipinski definition) is 6. The quantitative estimate of drug-likeness (QED) is 0.0501. The van der Waals surface area contributed by atoms with Crippen molar-refractivity contribution in [2.24, 2.45) is 4.99 Å². The molecule has 2 amide bonds. The third kappa shape index (κ3) is 8.90. The van der Waals surface area contributed by atoms with E-state index >= 15 is 0 Å². The number of carboxylic acids is 2. The van der Waals surface area contributed by atoms with Crippen LogP contribution in [0.1, 0.15) is 81.7 Å². The molecule has 1 aliphatic carbocycles. The first-order valence-corrected chi connectivity index (χ1v) is 23.2. The van der Waals surface area contributed by atoms with Gasteiger partial charge in [-0.2, -0.15) is 0 Å². The van der Waals surface area contributed by atoms with Crippen molar-refractivity contribution in [3.05, 3.63) is 196 Å². The fourth-order valence-corrected chi connectivity index (χ4v) is 9.59. The lowest BCUT2D eigenvalue weighted by Crippen LogP contribution is -2.27. The lowest BCUT2D eigenvalue weighted by atomic mass is 9.87. The molecular weight excluding hydrogens is 960 g/mol. The number of nitrogens with zero attached hydrogens (tertiary/aromatic N) is 1. The Bertz CT molecular complexity index is 3820. The van der Waals surface area contributed by atoms with Crippen LogP contribution in [0.15, 0.2) is 123 Å². The van der Waals surface area contributed by atoms with Crippen LogP contribution in [0, 0.1) is 13.8 Å². The van der Waals surface area contributed by atoms with Crippen molar-refractivity contribution in [1.82, 2.24) is 10.6 Å². The summed E-state index contributed by atoms with van der Waals surface area (Å²) in [6.07, 6.45) is 0. The number of aromatic carboxylic acids is 2. The SMILES string of the molecule is CCNc1cc2c(cc1C)C(c1c(Cl)cc(C(=O)NCc3ccc(C(=O)NCc4c5oc6cc(O)ccc6c(-c6ccccc6C(=O)O)c-5ccc4=O)cc3)c(Cl)c1C(=O)O)=c1cc(C)c(=C=NC)cc1O2. The first-order chi connectivity index (χ1) is 34.6. The number of aryl methyl sites for hydroxylation is 2. The second kappa shape index (κ2) is 19.6. The van der Waals surface area contributed by atoms with Gasteiger partial charge in [0.15, 0.2) is 5.43 Å². The second-order valence-corrected chi connectivity index (χ2v) is 17.7. The molecule has 0 unspecified atom stereocenters. The van der Waals surface area contributed by atoms with Gasteiger partial charge in [0.2, 0.25) is 0 Å². The number of aromatic hydroxyl groups is 1. The molecule has 0 saturated heterocycles. The fourth-order valence-electron chi connectivity index (χ4n) is 8.97. The summed E-state index contributed by atoms with van der Waals surface area (Å²) < 4.78 is 12.6. The number of amides is 2. The monoisotopic (exact) mass is 1000 g/mol. The molecule has 0 bridgehead atoms. The number of hydrogen-bond acceptors (Lipinski definition) is 10. The Morgan fingerprint density at radius 3 is 2.21 bits per heavy atom. The van der Waals surface area contributed by atoms with E-state index in [0.29, 0.717) is 67.3 Å². The predicted octanol–water partition coefficient (Wildman–Crippen LogP) is 9.21. The average molecular weight is 1000 g/mol. The van der Waals surface area contributed by atoms with Crippen LogP contribution in [0.4, 0.5) is 5.69 Å². The summed E-state index contributed by atoms with van der Waals surface area (Å²) in [4.78, 5) is 70.4. The zero-order valence-electron chi connectivity index (χ0n) is 38.9. The third-order valence-electron chi connectivity index (χ3n) is 12.4. The molecule has 9 rings (SSSR count). The number of benzene rings is 7. The number of nitrogens with one attached hydrogen (secondary N) is 3. The van der Waals surface area contributed by atoms with Gasteiger partial charge < -0.3 is 40.4 Å². The lowest BCUT2D eigenvalue weighted by Gasteiger charge is -2.25. The van der Waals surface area contributed by atoms with E-state index in [4.69, 9.17) is 32.4 Å². The first kappa shape index (κ1) is 48.3. The van der Waals surface area contributed by atoms with Crippen LogP contribution in [-0.4, -0.2) is 58.5 Å². The maximum Gasteiger partial charge on any atom is 0.337 e. The van der Waals surface area contributed by atoms with Gasteiger partial charge in [0.25, 0.3) is 11.8 Å². The van der Waals surface area contributed by atoms with Gasteiger partial charge in [-0.05, 0) is 116 Å². The van der Waals surface area contributed by atoms with Crippen molar-refractivity contribution in [3.8, 4) is 39.7 Å². The summed E-state index contributed by atoms with van der Waals surface area (Å²) in [6, 6.07) is 28.7. The molecule has 0 atom stereocenters. The average Bonchev–Trinajstić information content (AvgIpc) is 3.35. The molecule has 0 fully saturated rings. The van der Waals surface area contributed by atoms with Gasteiger partial charge in [0.1, 0.15) is 28.6 Å². The van der Waals surface area contributed by atoms with Crippen LogP contribution >= 0.6 is 23.2 Å². The lowest BCUT2D eigenvalue weighted by molar-refractivity contribution is 0.0686. The van der Waals surface area contributed by atoms with E-state index in [1.807, 2.05) is 39.0 Å². The standard InChI is InChI=1S/C56H42Cl2N4O10/c1-5-60-42-23-46-38(19-28(42)3)48(37-18-27(2)31(25-59-4)20-44(37)71-46)49-41(57)22-39(51(58)50(49)56(69)70)54(66)61-24-29-10-12-30(13-11-29)53(65)62-26-40-43(64)17-16-36-47(33-8-6-7-9-34(33)55(67)68)35-15-14-32(63)21-45(35)72-52(36)40/h6-23,60,63H,5,24,26H2,1-4H3,(H,61,66)(H,62,65)(H,67,68)(H,69,70). The van der Waals surface area contributed by atoms with Crippen molar-refractivity contribution in [1.29, 1.82) is 0 Å². The van der Waals surface area contributed by atoms with E-state index in [2.05, 4.69) is 26.8 Å². The number of halogens is 2. The summed E-state index contributed by atoms with van der Waals surface area (Å²) in [5.74, 6) is 0.00441. The smallest absolute Gasteiger partial charge is 0.337 e. The van der Waals surface area contributed by atoms with Crippen LogP contribution in [0.25, 0.3) is 39.0 Å². The summed E-state index contributed by atoms with van der Waals surface area (Å²) >= 11 is 14.0. The molecule has 16 heteroatoms. The number of anilines is 1. The summed E-state index contributed by atoms with van der Waals surface area (Å²) in [7, 11) is 1.61. The van der Waals surface area contributed by atoms with Gasteiger partial charge in [-0.1, -0.05) is 53.5 Å². The van der Waals surface area contributed by atoms with Gasteiger partial charge in [-0.25, -0.2) is 14.6 Å². The normalized spacial score (nSPS) is 11.6. The Hall–Kier alpha value is -8.68. The van der Waals surface area contributed by atoms with E-state index in [-0.39, 0.29) is 73.6 Å². The maximum atomic E-state index is 13.9. The number of carbonyl (C=O) groups is 4. The Balaban J connectivity index is 0.972. The number of fused-ring (bicyclic) bond motifs is 4. The molecule has 0 aromatic heterocycles. The molecule has 72 heavy (non-hydrogen) atoms. The van der Waals surface area contributed by atoms with Crippen molar-refractivity contribution in [2.45, 2.75) is 33.9 Å². The van der Waals surface area contributed by atoms with E-state index in [0.717, 1.165) is 16.8 Å². The zero-order valence-corrected chi connectivity index (χ0v) is 40.4. The molecule has 6 aromatic carbocycles. The highest BCUT2D eigenvalue weighted by Gasteiger charge is 2.32. The molecule has 2 aliphatic heterocycles. The molecule has 360 valence electrons. The second-order valence-electron chi connectivity index (χ2n) is 16.9. The van der Waals surface area contributed by atoms with Crippen LogP contribution in [0.5, 0.6) is 17.2 Å². The van der Waals surface area contributed by atoms with E-state index in [1.165, 1.54) is 48.5 Å². The number of carboxylic acid groups (broad SMARTS) is 2. The number of rotatable bonds is 12. The number of phenols is 1. The molecule has 6 N–H and O–H groups in total. The van der Waals surface area contributed by atoms with Gasteiger partial charge >= 0.3 is 11.9 Å². The highest BCUT2D eigenvalue weighted by atomic mass is 35.5. The van der Waals surface area contributed by atoms with Gasteiger partial charge in [-0.3, -0.25) is 14.4 Å². The minimum atomic E-state index is -1.41. The van der Waals surface area contributed by atoms with Gasteiger partial charge in [0, 0.05) is 87.2 Å². The fraction of sp³-hybridized carbons (Fsp3) is 0.125. The molecule has 2 heterocycles. The Morgan fingerprint density at radius 2 is 1.49 bits per heavy atom. The van der Waals surface area contributed by atoms with Crippen LogP contribution in [-0.2, 0) is 13.1 Å². The first-order valence-electron chi connectivity index (χ1n) is 22.5. The van der Waals surface area contributed by atoms with Crippen LogP contribution in [0.2, 0.25) is 10.0 Å². The minimum absolute atomic E-state index is 0.0161. The molecule has 0 saturated carbocycles. The number of phenolic OH excluding ortho intramolecular Hbond substituents is 1. The maximum absolute atomic E-state index is 13.9. The highest BCUT2D eigenvalue weighted by molar-refractivity contribution is 6.40. The number of carbonyl (C=O) groups excluding carboxylic acids is 2. The largest absolute Gasteiger partial charge is 0.508 e. The van der Waals surface area contributed by atoms with E-state index in [9.17, 15) is 39.3 Å². The minimum Gasteiger partial charge on any atom is -0.508 e. The van der Waals surface area contributed by atoms with Crippen molar-refractivity contribution in [2.75, 3.05) is 18.9 Å². The Kier molecular flexibility index (Phi) is 13.2. The van der Waals surface area contributed by atoms with Crippen LogP contribution < -0.4 is 36.6 Å². The summed E-state index contributed by atoms with van der Waals surface area (Å²) in [6.45, 7) is 6.10. The topological polar surface area (TPSA) is 217 Å². The van der Waals surface area contributed by atoms with Crippen molar-refractivity contribution < 1.29 is 43.7 Å². The molecule has 14 nitrogen and oxygen atoms in total. The van der Waals surface area contributed by atoms with E-state index < -0.39 is 29.2 Å². The summed E-state index contributed by atoms with van der Waals surface area (Å²) in [5, 5.41) is 41.4. The Labute approximate surface area is 420 Å². The highest BCUT2D eigenvalue weighted by Crippen LogP contribution is 2.45. The van der Waals surface area contributed by atoms with Crippen LogP contribution in [0.3, 0.4) is 0 Å². The predicted molar refractivity (Wildman–Crippen MR) is 275 cm³/mol. The third-order valence-corrected chi connectivity index (χ3v) is 13.1. The number of ether oxygens (including phenoxy) is 1. The molecular formula is C56H42Cl2N4O10. The molecule has 3 aliphatic rings. The van der Waals surface area contributed by atoms with Crippen molar-refractivity contribution in [3.63, 3.8) is 0 Å². The van der Waals surface area contributed by atoms with E-state index in [1.54, 1.807) is 49.5 Å². The van der Waals surface area contributed by atoms with Crippen molar-refractivity contribution >= 4 is 75.1 Å². The Morgan fingerprint density at radius 1 is 0.736 bits per heavy atom. The number of aliphatic imine (C=N–C) groups is 1.